The minimum atomic E-state index is -0.444. The number of carbonyl (C=O) groups excluding carboxylic acids is 1. The summed E-state index contributed by atoms with van der Waals surface area (Å²) in [5.41, 5.74) is 2.34. The van der Waals surface area contributed by atoms with Gasteiger partial charge >= 0.3 is 5.97 Å². The molecule has 1 aromatic carbocycles. The van der Waals surface area contributed by atoms with E-state index in [4.69, 9.17) is 9.47 Å². The van der Waals surface area contributed by atoms with Gasteiger partial charge in [-0.15, -0.1) is 22.7 Å². The first-order chi connectivity index (χ1) is 13.2. The summed E-state index contributed by atoms with van der Waals surface area (Å²) < 4.78 is 11.7. The maximum atomic E-state index is 12.5. The molecule has 0 fully saturated rings. The summed E-state index contributed by atoms with van der Waals surface area (Å²) in [7, 11) is 0. The number of H-pyrrole nitrogens is 1. The van der Waals surface area contributed by atoms with Gasteiger partial charge in [0, 0.05) is 16.0 Å². The Morgan fingerprint density at radius 2 is 2.19 bits per heavy atom. The van der Waals surface area contributed by atoms with Crippen LogP contribution < -0.4 is 10.3 Å². The van der Waals surface area contributed by atoms with Gasteiger partial charge in [0.15, 0.2) is 0 Å². The van der Waals surface area contributed by atoms with Gasteiger partial charge in [0.1, 0.15) is 34.4 Å². The van der Waals surface area contributed by atoms with Crippen LogP contribution in [-0.2, 0) is 18.0 Å². The highest BCUT2D eigenvalue weighted by molar-refractivity contribution is 7.17. The Morgan fingerprint density at radius 1 is 1.30 bits per heavy atom. The lowest BCUT2D eigenvalue weighted by molar-refractivity contribution is 0.0468. The van der Waals surface area contributed by atoms with E-state index in [1.165, 1.54) is 22.7 Å². The van der Waals surface area contributed by atoms with E-state index >= 15 is 0 Å². The molecule has 134 valence electrons. The third-order valence-electron chi connectivity index (χ3n) is 4.23. The molecule has 1 N–H and O–H groups in total. The van der Waals surface area contributed by atoms with E-state index in [2.05, 4.69) is 9.97 Å². The van der Waals surface area contributed by atoms with Gasteiger partial charge in [-0.2, -0.15) is 0 Å². The first kappa shape index (κ1) is 16.2. The van der Waals surface area contributed by atoms with Gasteiger partial charge in [-0.3, -0.25) is 4.79 Å². The topological polar surface area (TPSA) is 81.3 Å². The number of ether oxygens (including phenoxy) is 2. The number of esters is 1. The van der Waals surface area contributed by atoms with Crippen LogP contribution in [0.25, 0.3) is 20.7 Å². The molecule has 27 heavy (non-hydrogen) atoms. The highest BCUT2D eigenvalue weighted by atomic mass is 32.1. The number of nitrogens with one attached hydrogen (secondary N) is 1. The average molecular weight is 396 g/mol. The highest BCUT2D eigenvalue weighted by Gasteiger charge is 2.23. The van der Waals surface area contributed by atoms with E-state index in [0.717, 1.165) is 21.8 Å². The number of benzene rings is 1. The van der Waals surface area contributed by atoms with Crippen LogP contribution >= 0.6 is 22.7 Å². The van der Waals surface area contributed by atoms with Crippen molar-refractivity contribution in [1.82, 2.24) is 9.97 Å². The lowest BCUT2D eigenvalue weighted by atomic mass is 10.1. The van der Waals surface area contributed by atoms with Crippen LogP contribution in [0.3, 0.4) is 0 Å². The summed E-state index contributed by atoms with van der Waals surface area (Å²) in [5, 5.41) is 1.80. The molecule has 1 aliphatic rings. The van der Waals surface area contributed by atoms with E-state index in [1.807, 2.05) is 24.3 Å². The summed E-state index contributed by atoms with van der Waals surface area (Å²) in [4.78, 5) is 33.0. The van der Waals surface area contributed by atoms with Crippen molar-refractivity contribution in [2.24, 2.45) is 0 Å². The SMILES string of the molecule is O=C(OCc1nc2ccsc2c(=O)[nH]1)c1cc2c(s1)-c1ccccc1OC2. The fourth-order valence-corrected chi connectivity index (χ4v) is 4.81. The number of hydrogen-bond donors (Lipinski definition) is 1. The molecule has 6 nitrogen and oxygen atoms in total. The number of aromatic amines is 1. The molecule has 8 heteroatoms. The number of para-hydroxylation sites is 1. The molecule has 0 saturated carbocycles. The molecular formula is C19H12N2O4S2. The molecular weight excluding hydrogens is 384 g/mol. The lowest BCUT2D eigenvalue weighted by Gasteiger charge is -2.16. The van der Waals surface area contributed by atoms with Crippen LogP contribution in [0.15, 0.2) is 46.6 Å². The summed E-state index contributed by atoms with van der Waals surface area (Å²) >= 11 is 2.71. The first-order valence-corrected chi connectivity index (χ1v) is 9.87. The predicted octanol–water partition coefficient (Wildman–Crippen LogP) is 3.96. The van der Waals surface area contributed by atoms with Gasteiger partial charge < -0.3 is 14.5 Å². The molecule has 3 aromatic heterocycles. The predicted molar refractivity (Wildman–Crippen MR) is 103 cm³/mol. The minimum absolute atomic E-state index is 0.0878. The Kier molecular flexibility index (Phi) is 3.80. The molecule has 0 amide bonds. The molecule has 0 radical (unpaired) electrons. The van der Waals surface area contributed by atoms with Crippen molar-refractivity contribution in [3.63, 3.8) is 0 Å². The zero-order valence-corrected chi connectivity index (χ0v) is 15.5. The van der Waals surface area contributed by atoms with Crippen molar-refractivity contribution < 1.29 is 14.3 Å². The molecule has 5 rings (SSSR count). The number of nitrogens with zero attached hydrogens (tertiary/aromatic N) is 1. The summed E-state index contributed by atoms with van der Waals surface area (Å²) in [6.07, 6.45) is 0. The molecule has 0 atom stereocenters. The Morgan fingerprint density at radius 3 is 3.11 bits per heavy atom. The quantitative estimate of drug-likeness (QED) is 0.530. The van der Waals surface area contributed by atoms with Crippen LogP contribution in [0.4, 0.5) is 0 Å². The standard InChI is InChI=1S/C19H12N2O4S2/c22-18-17-12(5-6-26-17)20-15(21-18)9-25-19(23)14-7-10-8-24-13-4-2-1-3-11(13)16(10)27-14/h1-7H,8-9H2,(H,20,21,22). The number of carbonyl (C=O) groups is 1. The van der Waals surface area contributed by atoms with E-state index in [0.29, 0.717) is 27.5 Å². The van der Waals surface area contributed by atoms with Crippen molar-refractivity contribution in [3.8, 4) is 16.2 Å². The summed E-state index contributed by atoms with van der Waals surface area (Å²) in [6, 6.07) is 11.3. The minimum Gasteiger partial charge on any atom is -0.488 e. The van der Waals surface area contributed by atoms with E-state index in [1.54, 1.807) is 17.5 Å². The number of thiophene rings is 2. The van der Waals surface area contributed by atoms with Crippen molar-refractivity contribution in [3.05, 3.63) is 68.4 Å². The number of aromatic nitrogens is 2. The van der Waals surface area contributed by atoms with Gasteiger partial charge in [0.2, 0.25) is 0 Å². The molecule has 4 heterocycles. The zero-order valence-electron chi connectivity index (χ0n) is 13.9. The highest BCUT2D eigenvalue weighted by Crippen LogP contribution is 2.42. The van der Waals surface area contributed by atoms with Crippen LogP contribution in [0.2, 0.25) is 0 Å². The third kappa shape index (κ3) is 2.83. The second-order valence-electron chi connectivity index (χ2n) is 5.97. The smallest absolute Gasteiger partial charge is 0.348 e. The molecule has 0 aliphatic carbocycles. The molecule has 1 aliphatic heterocycles. The fourth-order valence-electron chi connectivity index (χ4n) is 3.00. The van der Waals surface area contributed by atoms with Crippen LogP contribution in [0, 0.1) is 0 Å². The van der Waals surface area contributed by atoms with Crippen LogP contribution in [0.5, 0.6) is 5.75 Å². The molecule has 0 bridgehead atoms. The van der Waals surface area contributed by atoms with Crippen molar-refractivity contribution in [2.45, 2.75) is 13.2 Å². The maximum absolute atomic E-state index is 12.5. The van der Waals surface area contributed by atoms with Crippen molar-refractivity contribution >= 4 is 38.9 Å². The summed E-state index contributed by atoms with van der Waals surface area (Å²) in [6.45, 7) is 0.343. The van der Waals surface area contributed by atoms with Gasteiger partial charge in [0.05, 0.1) is 5.52 Å². The Hall–Kier alpha value is -2.97. The average Bonchev–Trinajstić information content (AvgIpc) is 3.33. The largest absolute Gasteiger partial charge is 0.488 e. The van der Waals surface area contributed by atoms with E-state index < -0.39 is 5.97 Å². The van der Waals surface area contributed by atoms with Gasteiger partial charge in [-0.05, 0) is 29.6 Å². The van der Waals surface area contributed by atoms with Crippen LogP contribution in [-0.4, -0.2) is 15.9 Å². The first-order valence-electron chi connectivity index (χ1n) is 8.17. The lowest BCUT2D eigenvalue weighted by Crippen LogP contribution is -2.13. The van der Waals surface area contributed by atoms with Crippen LogP contribution in [0.1, 0.15) is 21.1 Å². The molecule has 0 spiro atoms. The van der Waals surface area contributed by atoms with Gasteiger partial charge in [0.25, 0.3) is 5.56 Å². The monoisotopic (exact) mass is 396 g/mol. The normalized spacial score (nSPS) is 12.3. The van der Waals surface area contributed by atoms with E-state index in [-0.39, 0.29) is 12.2 Å². The number of hydrogen-bond acceptors (Lipinski definition) is 7. The molecule has 0 unspecified atom stereocenters. The number of fused-ring (bicyclic) bond motifs is 4. The van der Waals surface area contributed by atoms with Gasteiger partial charge in [-0.1, -0.05) is 12.1 Å². The Bertz CT molecular complexity index is 1240. The molecule has 4 aromatic rings. The Labute approximate surface area is 161 Å². The maximum Gasteiger partial charge on any atom is 0.348 e. The van der Waals surface area contributed by atoms with Gasteiger partial charge in [-0.25, -0.2) is 9.78 Å². The van der Waals surface area contributed by atoms with E-state index in [9.17, 15) is 9.59 Å². The van der Waals surface area contributed by atoms with Crippen molar-refractivity contribution in [1.29, 1.82) is 0 Å². The van der Waals surface area contributed by atoms with Crippen molar-refractivity contribution in [2.75, 3.05) is 0 Å². The summed E-state index contributed by atoms with van der Waals surface area (Å²) in [5.74, 6) is 0.701. The second-order valence-corrected chi connectivity index (χ2v) is 7.94. The second kappa shape index (κ2) is 6.33. The fraction of sp³-hybridized carbons (Fsp3) is 0.105. The number of rotatable bonds is 3. The molecule has 0 saturated heterocycles. The third-order valence-corrected chi connectivity index (χ3v) is 6.32. The Balaban J connectivity index is 1.38. The zero-order chi connectivity index (χ0) is 18.4.